The number of rotatable bonds is 6. The number of hydrogen-bond acceptors (Lipinski definition) is 8. The Labute approximate surface area is 154 Å². The first kappa shape index (κ1) is 16.9. The van der Waals surface area contributed by atoms with Crippen LogP contribution in [0, 0.1) is 0 Å². The summed E-state index contributed by atoms with van der Waals surface area (Å²) in [4.78, 5) is 21.9. The third-order valence-corrected chi connectivity index (χ3v) is 5.36. The maximum absolute atomic E-state index is 12.1. The molecule has 1 aliphatic heterocycles. The van der Waals surface area contributed by atoms with E-state index in [9.17, 15) is 4.79 Å². The summed E-state index contributed by atoms with van der Waals surface area (Å²) in [6, 6.07) is 3.51. The van der Waals surface area contributed by atoms with Crippen LogP contribution in [0.4, 0.5) is 5.13 Å². The molecule has 1 fully saturated rings. The smallest absolute Gasteiger partial charge is 0.238 e. The third-order valence-electron chi connectivity index (χ3n) is 4.29. The Morgan fingerprint density at radius 1 is 1.38 bits per heavy atom. The summed E-state index contributed by atoms with van der Waals surface area (Å²) in [6.45, 7) is 2.07. The van der Waals surface area contributed by atoms with Crippen molar-refractivity contribution in [2.75, 3.05) is 18.4 Å². The minimum Gasteiger partial charge on any atom is -0.461 e. The lowest BCUT2D eigenvalue weighted by atomic mass is 9.97. The van der Waals surface area contributed by atoms with E-state index in [0.717, 1.165) is 25.9 Å². The highest BCUT2D eigenvalue weighted by Gasteiger charge is 2.18. The normalized spacial score (nSPS) is 15.2. The van der Waals surface area contributed by atoms with Gasteiger partial charge < -0.3 is 19.6 Å². The Balaban J connectivity index is 1.28. The van der Waals surface area contributed by atoms with Crippen molar-refractivity contribution in [3.05, 3.63) is 35.4 Å². The summed E-state index contributed by atoms with van der Waals surface area (Å²) in [5.74, 6) is 1.75. The minimum absolute atomic E-state index is 0.117. The summed E-state index contributed by atoms with van der Waals surface area (Å²) in [6.07, 6.45) is 6.28. The molecule has 2 N–H and O–H groups in total. The fraction of sp³-hybridized carbons (Fsp3) is 0.412. The van der Waals surface area contributed by atoms with Gasteiger partial charge in [-0.15, -0.1) is 11.3 Å². The average molecular weight is 373 g/mol. The molecule has 4 rings (SSSR count). The highest BCUT2D eigenvalue weighted by atomic mass is 32.1. The summed E-state index contributed by atoms with van der Waals surface area (Å²) in [5.41, 5.74) is 0. The molecule has 0 unspecified atom stereocenters. The van der Waals surface area contributed by atoms with Gasteiger partial charge in [0.1, 0.15) is 0 Å². The minimum atomic E-state index is -0.117. The second-order valence-electron chi connectivity index (χ2n) is 6.13. The monoisotopic (exact) mass is 373 g/mol. The molecule has 4 heterocycles. The van der Waals surface area contributed by atoms with Crippen molar-refractivity contribution in [3.8, 4) is 11.6 Å². The van der Waals surface area contributed by atoms with Gasteiger partial charge in [0.2, 0.25) is 17.6 Å². The van der Waals surface area contributed by atoms with E-state index >= 15 is 0 Å². The average Bonchev–Trinajstić information content (AvgIpc) is 3.41. The van der Waals surface area contributed by atoms with Crippen LogP contribution in [0.25, 0.3) is 11.6 Å². The van der Waals surface area contributed by atoms with E-state index < -0.39 is 0 Å². The van der Waals surface area contributed by atoms with Crippen LogP contribution in [-0.2, 0) is 11.2 Å². The summed E-state index contributed by atoms with van der Waals surface area (Å²) in [5, 5.41) is 10.7. The lowest BCUT2D eigenvalue weighted by Gasteiger charge is -2.20. The number of nitrogens with zero attached hydrogens (tertiary/aromatic N) is 3. The van der Waals surface area contributed by atoms with E-state index in [1.54, 1.807) is 29.7 Å². The van der Waals surface area contributed by atoms with Gasteiger partial charge in [0.05, 0.1) is 6.26 Å². The molecule has 1 saturated heterocycles. The molecule has 0 aromatic carbocycles. The maximum atomic E-state index is 12.1. The number of thiazole rings is 1. The van der Waals surface area contributed by atoms with Gasteiger partial charge in [-0.2, -0.15) is 4.98 Å². The van der Waals surface area contributed by atoms with Crippen LogP contribution in [0.5, 0.6) is 0 Å². The van der Waals surface area contributed by atoms with Gasteiger partial charge in [-0.1, -0.05) is 5.16 Å². The summed E-state index contributed by atoms with van der Waals surface area (Å²) >= 11 is 1.56. The Morgan fingerprint density at radius 3 is 3.08 bits per heavy atom. The van der Waals surface area contributed by atoms with Crippen molar-refractivity contribution in [1.29, 1.82) is 0 Å². The molecule has 1 amide bonds. The van der Waals surface area contributed by atoms with Crippen LogP contribution >= 0.6 is 11.3 Å². The SMILES string of the molecule is O=C(CCc1nc(-c2ccco2)no1)Nc1ncc(C2CCNCC2)s1. The first-order valence-electron chi connectivity index (χ1n) is 8.60. The van der Waals surface area contributed by atoms with Gasteiger partial charge in [-0.3, -0.25) is 4.79 Å². The van der Waals surface area contributed by atoms with Crippen LogP contribution < -0.4 is 10.6 Å². The van der Waals surface area contributed by atoms with Crippen molar-refractivity contribution in [2.45, 2.75) is 31.6 Å². The zero-order valence-corrected chi connectivity index (χ0v) is 14.9. The van der Waals surface area contributed by atoms with Crippen LogP contribution in [0.1, 0.15) is 35.9 Å². The first-order valence-corrected chi connectivity index (χ1v) is 9.42. The molecule has 26 heavy (non-hydrogen) atoms. The number of amides is 1. The first-order chi connectivity index (χ1) is 12.8. The summed E-state index contributed by atoms with van der Waals surface area (Å²) < 4.78 is 10.4. The van der Waals surface area contributed by atoms with Crippen molar-refractivity contribution < 1.29 is 13.7 Å². The van der Waals surface area contributed by atoms with Crippen molar-refractivity contribution in [1.82, 2.24) is 20.4 Å². The van der Waals surface area contributed by atoms with Gasteiger partial charge in [-0.05, 0) is 44.0 Å². The predicted octanol–water partition coefficient (Wildman–Crippen LogP) is 2.82. The Kier molecular flexibility index (Phi) is 5.07. The van der Waals surface area contributed by atoms with Crippen LogP contribution in [0.3, 0.4) is 0 Å². The third kappa shape index (κ3) is 4.00. The fourth-order valence-corrected chi connectivity index (χ4v) is 3.91. The Morgan fingerprint density at radius 2 is 2.27 bits per heavy atom. The second-order valence-corrected chi connectivity index (χ2v) is 7.19. The molecule has 0 spiro atoms. The molecule has 1 aliphatic rings. The number of furan rings is 1. The van der Waals surface area contributed by atoms with Crippen molar-refractivity contribution in [2.24, 2.45) is 0 Å². The molecule has 8 nitrogen and oxygen atoms in total. The van der Waals surface area contributed by atoms with Crippen molar-refractivity contribution in [3.63, 3.8) is 0 Å². The number of carbonyl (C=O) groups excluding carboxylic acids is 1. The van der Waals surface area contributed by atoms with E-state index in [1.807, 2.05) is 6.20 Å². The number of anilines is 1. The number of piperidine rings is 1. The van der Waals surface area contributed by atoms with Crippen LogP contribution in [0.2, 0.25) is 0 Å². The van der Waals surface area contributed by atoms with Crippen LogP contribution in [0.15, 0.2) is 33.5 Å². The molecule has 3 aromatic heterocycles. The van der Waals surface area contributed by atoms with Gasteiger partial charge in [-0.25, -0.2) is 4.98 Å². The zero-order chi connectivity index (χ0) is 17.8. The Bertz CT molecular complexity index is 852. The van der Waals surface area contributed by atoms with Gasteiger partial charge in [0.15, 0.2) is 10.9 Å². The van der Waals surface area contributed by atoms with E-state index in [0.29, 0.717) is 34.9 Å². The quantitative estimate of drug-likeness (QED) is 0.684. The number of nitrogens with one attached hydrogen (secondary N) is 2. The maximum Gasteiger partial charge on any atom is 0.238 e. The predicted molar refractivity (Wildman–Crippen MR) is 95.9 cm³/mol. The Hall–Kier alpha value is -2.52. The molecule has 0 radical (unpaired) electrons. The standard InChI is InChI=1S/C17H19N5O3S/c23-14(3-4-15-21-16(22-25-15)12-2-1-9-24-12)20-17-19-10-13(26-17)11-5-7-18-8-6-11/h1-2,9-11,18H,3-8H2,(H,19,20,23). The number of hydrogen-bond donors (Lipinski definition) is 2. The van der Waals surface area contributed by atoms with Crippen LogP contribution in [-0.4, -0.2) is 34.1 Å². The molecule has 3 aromatic rings. The molecule has 0 saturated carbocycles. The molecule has 0 bridgehead atoms. The molecular weight excluding hydrogens is 354 g/mol. The van der Waals surface area contributed by atoms with Gasteiger partial charge >= 0.3 is 0 Å². The van der Waals surface area contributed by atoms with E-state index in [1.165, 1.54) is 4.88 Å². The van der Waals surface area contributed by atoms with E-state index in [2.05, 4.69) is 25.8 Å². The number of aromatic nitrogens is 3. The number of carbonyl (C=O) groups is 1. The molecule has 0 atom stereocenters. The van der Waals surface area contributed by atoms with E-state index in [-0.39, 0.29) is 12.3 Å². The van der Waals surface area contributed by atoms with Crippen molar-refractivity contribution >= 4 is 22.4 Å². The zero-order valence-electron chi connectivity index (χ0n) is 14.1. The van der Waals surface area contributed by atoms with Gasteiger partial charge in [0, 0.05) is 23.9 Å². The van der Waals surface area contributed by atoms with Gasteiger partial charge in [0.25, 0.3) is 0 Å². The molecule has 136 valence electrons. The van der Waals surface area contributed by atoms with E-state index in [4.69, 9.17) is 8.94 Å². The lowest BCUT2D eigenvalue weighted by molar-refractivity contribution is -0.116. The fourth-order valence-electron chi connectivity index (χ4n) is 2.90. The highest BCUT2D eigenvalue weighted by Crippen LogP contribution is 2.31. The number of aryl methyl sites for hydroxylation is 1. The molecular formula is C17H19N5O3S. The molecule has 9 heteroatoms. The summed E-state index contributed by atoms with van der Waals surface area (Å²) in [7, 11) is 0. The lowest BCUT2D eigenvalue weighted by Crippen LogP contribution is -2.26. The topological polar surface area (TPSA) is 106 Å². The molecule has 0 aliphatic carbocycles. The second kappa shape index (κ2) is 7.79. The highest BCUT2D eigenvalue weighted by molar-refractivity contribution is 7.15. The largest absolute Gasteiger partial charge is 0.461 e.